The van der Waals surface area contributed by atoms with E-state index in [0.29, 0.717) is 12.1 Å². The Morgan fingerprint density at radius 3 is 2.90 bits per heavy atom. The molecule has 1 heterocycles. The van der Waals surface area contributed by atoms with Crippen LogP contribution in [0.4, 0.5) is 11.4 Å². The third-order valence-corrected chi connectivity index (χ3v) is 3.45. The molecule has 2 rings (SSSR count). The molecule has 0 bridgehead atoms. The van der Waals surface area contributed by atoms with Crippen LogP contribution in [-0.4, -0.2) is 17.4 Å². The Kier molecular flexibility index (Phi) is 4.79. The van der Waals surface area contributed by atoms with Crippen LogP contribution in [0.25, 0.3) is 10.9 Å². The van der Waals surface area contributed by atoms with E-state index in [4.69, 9.17) is 11.5 Å². The summed E-state index contributed by atoms with van der Waals surface area (Å²) >= 11 is 3.40. The van der Waals surface area contributed by atoms with Crippen molar-refractivity contribution in [3.05, 3.63) is 28.9 Å². The molecule has 5 nitrogen and oxygen atoms in total. The van der Waals surface area contributed by atoms with Crippen LogP contribution in [0.2, 0.25) is 0 Å². The summed E-state index contributed by atoms with van der Waals surface area (Å²) in [7, 11) is 0. The lowest BCUT2D eigenvalue weighted by atomic mass is 10.1. The van der Waals surface area contributed by atoms with Crippen molar-refractivity contribution in [2.75, 3.05) is 17.6 Å². The van der Waals surface area contributed by atoms with Crippen molar-refractivity contribution in [2.24, 2.45) is 5.73 Å². The lowest BCUT2D eigenvalue weighted by Gasteiger charge is -2.10. The van der Waals surface area contributed by atoms with Crippen LogP contribution < -0.4 is 16.8 Å². The summed E-state index contributed by atoms with van der Waals surface area (Å²) < 4.78 is 0.898. The van der Waals surface area contributed by atoms with E-state index in [0.717, 1.165) is 40.4 Å². The predicted molar refractivity (Wildman–Crippen MR) is 85.4 cm³/mol. The molecular formula is C14H17BrN4O. The van der Waals surface area contributed by atoms with E-state index in [-0.39, 0.29) is 5.91 Å². The maximum absolute atomic E-state index is 10.7. The van der Waals surface area contributed by atoms with Crippen molar-refractivity contribution >= 4 is 44.1 Å². The average Bonchev–Trinajstić information content (AvgIpc) is 2.41. The molecule has 1 aromatic carbocycles. The first-order chi connectivity index (χ1) is 9.58. The molecule has 5 N–H and O–H groups in total. The van der Waals surface area contributed by atoms with Crippen LogP contribution in [0.1, 0.15) is 19.3 Å². The number of nitrogens with zero attached hydrogens (tertiary/aromatic N) is 1. The number of benzene rings is 1. The zero-order valence-corrected chi connectivity index (χ0v) is 12.6. The van der Waals surface area contributed by atoms with Crippen molar-refractivity contribution in [3.63, 3.8) is 0 Å². The largest absolute Gasteiger partial charge is 0.398 e. The highest BCUT2D eigenvalue weighted by Gasteiger charge is 2.06. The van der Waals surface area contributed by atoms with Gasteiger partial charge in [-0.15, -0.1) is 0 Å². The van der Waals surface area contributed by atoms with Gasteiger partial charge < -0.3 is 16.8 Å². The molecule has 20 heavy (non-hydrogen) atoms. The van der Waals surface area contributed by atoms with Crippen molar-refractivity contribution in [1.82, 2.24) is 4.98 Å². The molecule has 0 aliphatic heterocycles. The molecule has 6 heteroatoms. The first-order valence-corrected chi connectivity index (χ1v) is 7.23. The molecular weight excluding hydrogens is 320 g/mol. The van der Waals surface area contributed by atoms with Gasteiger partial charge in [0.15, 0.2) is 0 Å². The number of hydrogen-bond acceptors (Lipinski definition) is 4. The Labute approximate surface area is 125 Å². The van der Waals surface area contributed by atoms with Crippen LogP contribution in [-0.2, 0) is 4.79 Å². The minimum absolute atomic E-state index is 0.255. The first kappa shape index (κ1) is 14.6. The predicted octanol–water partition coefficient (Wildman–Crippen LogP) is 2.65. The fourth-order valence-electron chi connectivity index (χ4n) is 2.01. The van der Waals surface area contributed by atoms with E-state index < -0.39 is 0 Å². The van der Waals surface area contributed by atoms with Gasteiger partial charge in [0.1, 0.15) is 0 Å². The molecule has 1 aromatic heterocycles. The number of primary amides is 1. The zero-order valence-electron chi connectivity index (χ0n) is 11.0. The molecule has 0 radical (unpaired) electrons. The van der Waals surface area contributed by atoms with Crippen molar-refractivity contribution in [3.8, 4) is 0 Å². The highest BCUT2D eigenvalue weighted by atomic mass is 79.9. The number of anilines is 2. The second-order valence-corrected chi connectivity index (χ2v) is 5.52. The third-order valence-electron chi connectivity index (χ3n) is 3.02. The quantitative estimate of drug-likeness (QED) is 0.558. The number of aromatic nitrogens is 1. The minimum Gasteiger partial charge on any atom is -0.398 e. The summed E-state index contributed by atoms with van der Waals surface area (Å²) in [5.41, 5.74) is 13.6. The Bertz CT molecular complexity index is 630. The highest BCUT2D eigenvalue weighted by molar-refractivity contribution is 9.10. The number of carbonyl (C=O) groups is 1. The molecule has 0 unspecified atom stereocenters. The molecule has 0 fully saturated rings. The molecule has 0 saturated heterocycles. The number of amides is 1. The van der Waals surface area contributed by atoms with Gasteiger partial charge in [0.05, 0.1) is 11.2 Å². The molecule has 0 atom stereocenters. The smallest absolute Gasteiger partial charge is 0.217 e. The van der Waals surface area contributed by atoms with Gasteiger partial charge in [-0.1, -0.05) is 0 Å². The summed E-state index contributed by atoms with van der Waals surface area (Å²) in [6, 6.07) is 5.74. The summed E-state index contributed by atoms with van der Waals surface area (Å²) in [5, 5.41) is 4.24. The number of rotatable bonds is 6. The lowest BCUT2D eigenvalue weighted by molar-refractivity contribution is -0.118. The van der Waals surface area contributed by atoms with E-state index in [9.17, 15) is 4.79 Å². The van der Waals surface area contributed by atoms with Crippen molar-refractivity contribution in [1.29, 1.82) is 0 Å². The number of hydrogen-bond donors (Lipinski definition) is 3. The monoisotopic (exact) mass is 336 g/mol. The lowest BCUT2D eigenvalue weighted by Crippen LogP contribution is -2.11. The number of halogens is 1. The molecule has 106 valence electrons. The normalized spacial score (nSPS) is 10.7. The topological polar surface area (TPSA) is 94.0 Å². The van der Waals surface area contributed by atoms with Gasteiger partial charge in [-0.3, -0.25) is 9.78 Å². The number of nitrogens with two attached hydrogens (primary N) is 2. The number of carbonyl (C=O) groups excluding carboxylic acids is 1. The van der Waals surface area contributed by atoms with Crippen LogP contribution in [0.15, 0.2) is 28.9 Å². The van der Waals surface area contributed by atoms with E-state index >= 15 is 0 Å². The van der Waals surface area contributed by atoms with E-state index in [1.54, 1.807) is 6.20 Å². The Morgan fingerprint density at radius 2 is 2.15 bits per heavy atom. The van der Waals surface area contributed by atoms with E-state index in [2.05, 4.69) is 26.2 Å². The van der Waals surface area contributed by atoms with Crippen LogP contribution in [0.3, 0.4) is 0 Å². The first-order valence-electron chi connectivity index (χ1n) is 6.44. The van der Waals surface area contributed by atoms with Crippen molar-refractivity contribution in [2.45, 2.75) is 19.3 Å². The van der Waals surface area contributed by atoms with Gasteiger partial charge in [0, 0.05) is 34.7 Å². The number of nitrogens with one attached hydrogen (secondary N) is 1. The number of pyridine rings is 1. The number of unbranched alkanes of at least 4 members (excludes halogenated alkanes) is 1. The van der Waals surface area contributed by atoms with E-state index in [1.165, 1.54) is 0 Å². The second kappa shape index (κ2) is 6.56. The molecule has 0 aliphatic rings. The van der Waals surface area contributed by atoms with Gasteiger partial charge in [-0.25, -0.2) is 0 Å². The molecule has 0 saturated carbocycles. The number of fused-ring (bicyclic) bond motifs is 1. The Balaban J connectivity index is 2.07. The molecule has 0 spiro atoms. The SMILES string of the molecule is NC(=O)CCCCNc1ccc(N)c2cc(Br)cnc12. The van der Waals surface area contributed by atoms with Crippen molar-refractivity contribution < 1.29 is 4.79 Å². The average molecular weight is 337 g/mol. The van der Waals surface area contributed by atoms with Gasteiger partial charge in [0.25, 0.3) is 0 Å². The summed E-state index contributed by atoms with van der Waals surface area (Å²) in [6.45, 7) is 0.768. The van der Waals surface area contributed by atoms with Gasteiger partial charge in [0.2, 0.25) is 5.91 Å². The maximum atomic E-state index is 10.7. The molecule has 1 amide bonds. The zero-order chi connectivity index (χ0) is 14.5. The summed E-state index contributed by atoms with van der Waals surface area (Å²) in [4.78, 5) is 15.1. The van der Waals surface area contributed by atoms with Crippen LogP contribution >= 0.6 is 15.9 Å². The highest BCUT2D eigenvalue weighted by Crippen LogP contribution is 2.28. The summed E-state index contributed by atoms with van der Waals surface area (Å²) in [6.07, 6.45) is 3.84. The molecule has 2 aromatic rings. The minimum atomic E-state index is -0.255. The standard InChI is InChI=1S/C14H17BrN4O/c15-9-7-10-11(16)4-5-12(14(10)19-8-9)18-6-2-1-3-13(17)20/h4-5,7-8,18H,1-3,6,16H2,(H2,17,20). The van der Waals surface area contributed by atoms with Gasteiger partial charge >= 0.3 is 0 Å². The second-order valence-electron chi connectivity index (χ2n) is 4.60. The Hall–Kier alpha value is -1.82. The van der Waals surface area contributed by atoms with Gasteiger partial charge in [-0.2, -0.15) is 0 Å². The fourth-order valence-corrected chi connectivity index (χ4v) is 2.34. The maximum Gasteiger partial charge on any atom is 0.217 e. The third kappa shape index (κ3) is 3.60. The number of nitrogen functional groups attached to an aromatic ring is 1. The fraction of sp³-hybridized carbons (Fsp3) is 0.286. The van der Waals surface area contributed by atoms with Crippen LogP contribution in [0.5, 0.6) is 0 Å². The Morgan fingerprint density at radius 1 is 1.35 bits per heavy atom. The van der Waals surface area contributed by atoms with Crippen LogP contribution in [0, 0.1) is 0 Å². The summed E-state index contributed by atoms with van der Waals surface area (Å²) in [5.74, 6) is -0.255. The van der Waals surface area contributed by atoms with Gasteiger partial charge in [-0.05, 0) is 47.0 Å². The molecule has 0 aliphatic carbocycles. The van der Waals surface area contributed by atoms with E-state index in [1.807, 2.05) is 18.2 Å².